The van der Waals surface area contributed by atoms with Crippen molar-refractivity contribution in [2.45, 2.75) is 30.6 Å². The summed E-state index contributed by atoms with van der Waals surface area (Å²) in [6.45, 7) is -0.350. The number of carbonyl (C=O) groups is 1. The van der Waals surface area contributed by atoms with E-state index in [4.69, 9.17) is 16.6 Å². The lowest BCUT2D eigenvalue weighted by molar-refractivity contribution is -0.498. The Bertz CT molecular complexity index is 637. The van der Waals surface area contributed by atoms with E-state index in [9.17, 15) is 15.0 Å². The molecule has 3 aliphatic rings. The number of carbonyl (C=O) groups excluding carboxylic acids is 1. The van der Waals surface area contributed by atoms with Crippen LogP contribution in [0.3, 0.4) is 0 Å². The van der Waals surface area contributed by atoms with Crippen LogP contribution in [0.2, 0.25) is 0 Å². The van der Waals surface area contributed by atoms with Crippen LogP contribution in [-0.2, 0) is 14.3 Å². The maximum atomic E-state index is 12.1. The summed E-state index contributed by atoms with van der Waals surface area (Å²) in [5, 5.41) is 19.7. The Morgan fingerprint density at radius 3 is 2.95 bits per heavy atom. The predicted molar refractivity (Wildman–Crippen MR) is 74.5 cm³/mol. The van der Waals surface area contributed by atoms with Gasteiger partial charge in [-0.1, -0.05) is 0 Å². The number of aliphatic imine (C=N–C) groups is 2. The Hall–Kier alpha value is -1.88. The highest BCUT2D eigenvalue weighted by molar-refractivity contribution is 6.19. The van der Waals surface area contributed by atoms with Crippen molar-refractivity contribution in [3.05, 3.63) is 0 Å². The quantitative estimate of drug-likeness (QED) is 0.464. The second-order valence-electron chi connectivity index (χ2n) is 5.13. The summed E-state index contributed by atoms with van der Waals surface area (Å²) in [5.74, 6) is -1.07. The SMILES string of the molecule is [2H]C12C(=O)N=C(N)N=C1N([C@@H]1O[C@H](CO)[C@@H](OC)[C@H]1O)C=[N+]2C. The molecule has 0 aromatic rings. The number of aliphatic hydroxyl groups excluding tert-OH is 2. The van der Waals surface area contributed by atoms with Crippen LogP contribution in [0.25, 0.3) is 0 Å². The summed E-state index contributed by atoms with van der Waals surface area (Å²) in [6, 6.07) is -1.87. The first-order valence-corrected chi connectivity index (χ1v) is 6.65. The molecule has 0 bridgehead atoms. The van der Waals surface area contributed by atoms with Crippen molar-refractivity contribution in [2.24, 2.45) is 15.7 Å². The van der Waals surface area contributed by atoms with Crippen molar-refractivity contribution in [1.82, 2.24) is 4.90 Å². The van der Waals surface area contributed by atoms with Crippen LogP contribution in [-0.4, -0.2) is 95.1 Å². The average molecular weight is 313 g/mol. The lowest BCUT2D eigenvalue weighted by atomic mass is 10.1. The lowest BCUT2D eigenvalue weighted by Crippen LogP contribution is -2.50. The van der Waals surface area contributed by atoms with E-state index in [1.54, 1.807) is 0 Å². The van der Waals surface area contributed by atoms with Crippen LogP contribution in [0.1, 0.15) is 1.37 Å². The largest absolute Gasteiger partial charge is 0.394 e. The van der Waals surface area contributed by atoms with E-state index in [2.05, 4.69) is 9.98 Å². The first kappa shape index (κ1) is 13.8. The molecule has 1 unspecified atom stereocenters. The zero-order chi connectivity index (χ0) is 16.9. The van der Waals surface area contributed by atoms with Crippen LogP contribution >= 0.6 is 0 Å². The molecule has 10 heteroatoms. The lowest BCUT2D eigenvalue weighted by Gasteiger charge is -2.21. The Labute approximate surface area is 127 Å². The summed E-state index contributed by atoms with van der Waals surface area (Å²) >= 11 is 0. The van der Waals surface area contributed by atoms with E-state index < -0.39 is 36.5 Å². The van der Waals surface area contributed by atoms with E-state index in [1.807, 2.05) is 0 Å². The van der Waals surface area contributed by atoms with Gasteiger partial charge in [0.2, 0.25) is 18.5 Å². The molecule has 0 aromatic carbocycles. The van der Waals surface area contributed by atoms with E-state index in [0.29, 0.717) is 0 Å². The number of methoxy groups -OCH3 is 1. The molecule has 0 saturated carbocycles. The van der Waals surface area contributed by atoms with Gasteiger partial charge in [-0.05, 0) is 0 Å². The van der Waals surface area contributed by atoms with Crippen LogP contribution in [0.4, 0.5) is 0 Å². The first-order chi connectivity index (χ1) is 10.8. The second kappa shape index (κ2) is 5.39. The Morgan fingerprint density at radius 2 is 2.36 bits per heavy atom. The molecule has 10 nitrogen and oxygen atoms in total. The third kappa shape index (κ3) is 2.11. The zero-order valence-corrected chi connectivity index (χ0v) is 12.1. The fourth-order valence-electron chi connectivity index (χ4n) is 2.80. The summed E-state index contributed by atoms with van der Waals surface area (Å²) < 4.78 is 20.4. The minimum Gasteiger partial charge on any atom is -0.394 e. The van der Waals surface area contributed by atoms with Gasteiger partial charge in [0.1, 0.15) is 19.7 Å². The highest BCUT2D eigenvalue weighted by Gasteiger charge is 2.55. The van der Waals surface area contributed by atoms with Gasteiger partial charge < -0.3 is 25.4 Å². The van der Waals surface area contributed by atoms with Crippen LogP contribution in [0.5, 0.6) is 0 Å². The zero-order valence-electron chi connectivity index (χ0n) is 13.1. The Balaban J connectivity index is 1.98. The van der Waals surface area contributed by atoms with Crippen molar-refractivity contribution < 1.29 is 30.4 Å². The summed E-state index contributed by atoms with van der Waals surface area (Å²) in [5.41, 5.74) is 5.52. The Morgan fingerprint density at radius 1 is 1.64 bits per heavy atom. The van der Waals surface area contributed by atoms with Gasteiger partial charge in [0, 0.05) is 7.11 Å². The standard InChI is InChI=1S/C12H17N5O5/c1-16-4-17(9-6(16)10(20)15-12(13)14-9)11-7(19)8(21-2)5(3-18)22-11/h4-8,11,18-19H,3H2,1-2H3,(H-,13,15,20)/p+1/t5-,6?,7-,8-,11-/m1/s1/i6D. The van der Waals surface area contributed by atoms with Gasteiger partial charge in [0.15, 0.2) is 0 Å². The van der Waals surface area contributed by atoms with Crippen LogP contribution in [0, 0.1) is 0 Å². The number of aliphatic hydroxyl groups is 2. The number of nitrogens with zero attached hydrogens (tertiary/aromatic N) is 4. The number of hydrogen-bond acceptors (Lipinski definition) is 8. The molecular formula is C12H18N5O5+. The Kier molecular flexibility index (Phi) is 3.37. The summed E-state index contributed by atoms with van der Waals surface area (Å²) in [4.78, 5) is 20.9. The third-order valence-corrected chi connectivity index (χ3v) is 3.78. The molecule has 1 saturated heterocycles. The van der Waals surface area contributed by atoms with Crippen molar-refractivity contribution in [2.75, 3.05) is 20.8 Å². The number of guanidine groups is 1. The van der Waals surface area contributed by atoms with Gasteiger partial charge in [-0.2, -0.15) is 14.9 Å². The molecule has 3 aliphatic heterocycles. The molecule has 3 rings (SSSR count). The van der Waals surface area contributed by atoms with E-state index in [-0.39, 0.29) is 18.4 Å². The number of amides is 1. The first-order valence-electron chi connectivity index (χ1n) is 7.15. The molecule has 3 heterocycles. The smallest absolute Gasteiger partial charge is 0.304 e. The number of ether oxygens (including phenoxy) is 2. The molecule has 0 aromatic heterocycles. The van der Waals surface area contributed by atoms with E-state index in [0.717, 1.165) is 0 Å². The molecule has 0 aliphatic carbocycles. The minimum atomic E-state index is -1.87. The molecule has 4 N–H and O–H groups in total. The maximum Gasteiger partial charge on any atom is 0.304 e. The van der Waals surface area contributed by atoms with Crippen LogP contribution in [0.15, 0.2) is 9.98 Å². The van der Waals surface area contributed by atoms with Gasteiger partial charge in [0.05, 0.1) is 13.7 Å². The topological polar surface area (TPSA) is 133 Å². The third-order valence-electron chi connectivity index (χ3n) is 3.78. The number of nitrogens with two attached hydrogens (primary N) is 1. The number of fused-ring (bicyclic) bond motifs is 1. The highest BCUT2D eigenvalue weighted by Crippen LogP contribution is 2.28. The van der Waals surface area contributed by atoms with E-state index >= 15 is 0 Å². The number of hydrogen-bond donors (Lipinski definition) is 3. The fraction of sp³-hybridized carbons (Fsp3) is 0.667. The summed E-state index contributed by atoms with van der Waals surface area (Å²) in [7, 11) is 2.90. The fourth-order valence-corrected chi connectivity index (χ4v) is 2.80. The molecule has 0 spiro atoms. The van der Waals surface area contributed by atoms with Crippen molar-refractivity contribution >= 4 is 24.0 Å². The molecule has 22 heavy (non-hydrogen) atoms. The molecule has 1 amide bonds. The highest BCUT2D eigenvalue weighted by atomic mass is 16.6. The van der Waals surface area contributed by atoms with Gasteiger partial charge in [0.25, 0.3) is 11.9 Å². The monoisotopic (exact) mass is 313 g/mol. The van der Waals surface area contributed by atoms with Crippen LogP contribution < -0.4 is 5.73 Å². The normalized spacial score (nSPS) is 41.8. The van der Waals surface area contributed by atoms with Gasteiger partial charge in [-0.25, -0.2) is 4.58 Å². The molecular weight excluding hydrogens is 294 g/mol. The van der Waals surface area contributed by atoms with Crippen molar-refractivity contribution in [3.63, 3.8) is 0 Å². The van der Waals surface area contributed by atoms with Gasteiger partial charge in [-0.3, -0.25) is 4.79 Å². The molecule has 120 valence electrons. The maximum absolute atomic E-state index is 12.1. The van der Waals surface area contributed by atoms with Crippen molar-refractivity contribution in [3.8, 4) is 0 Å². The number of rotatable bonds is 3. The average Bonchev–Trinajstić information content (AvgIpc) is 2.96. The van der Waals surface area contributed by atoms with E-state index in [1.165, 1.54) is 30.0 Å². The second-order valence-corrected chi connectivity index (χ2v) is 5.13. The predicted octanol–water partition coefficient (Wildman–Crippen LogP) is -3.31. The minimum absolute atomic E-state index is 0.0185. The number of amidine groups is 1. The number of likely N-dealkylation sites (N-methyl/N-ethyl adjacent to an activating group) is 1. The van der Waals surface area contributed by atoms with Gasteiger partial charge in [-0.15, -0.1) is 0 Å². The molecule has 0 radical (unpaired) electrons. The summed E-state index contributed by atoms with van der Waals surface area (Å²) in [6.07, 6.45) is -2.19. The molecule has 1 fully saturated rings. The van der Waals surface area contributed by atoms with Gasteiger partial charge >= 0.3 is 5.91 Å². The van der Waals surface area contributed by atoms with Crippen molar-refractivity contribution in [1.29, 1.82) is 0 Å². The molecule has 5 atom stereocenters.